The lowest BCUT2D eigenvalue weighted by Gasteiger charge is -2.27. The predicted octanol–water partition coefficient (Wildman–Crippen LogP) is 8.23. The molecule has 2 aromatic rings. The third kappa shape index (κ3) is 11.9. The maximum absolute atomic E-state index is 13.1. The van der Waals surface area contributed by atoms with Gasteiger partial charge in [0, 0.05) is 0 Å². The summed E-state index contributed by atoms with van der Waals surface area (Å²) in [5.74, 6) is 0.271. The zero-order chi connectivity index (χ0) is 39.5. The summed E-state index contributed by atoms with van der Waals surface area (Å²) in [7, 11) is 0. The summed E-state index contributed by atoms with van der Waals surface area (Å²) in [5.41, 5.74) is 0.152. The van der Waals surface area contributed by atoms with Gasteiger partial charge in [-0.1, -0.05) is 24.3 Å². The zero-order valence-electron chi connectivity index (χ0n) is 33.1. The number of ether oxygens (including phenoxy) is 4. The van der Waals surface area contributed by atoms with Crippen molar-refractivity contribution in [1.82, 2.24) is 19.6 Å². The van der Waals surface area contributed by atoms with E-state index in [0.717, 1.165) is 11.1 Å². The van der Waals surface area contributed by atoms with E-state index >= 15 is 0 Å². The molecule has 14 heteroatoms. The predicted molar refractivity (Wildman–Crippen MR) is 202 cm³/mol. The molecule has 2 fully saturated rings. The minimum absolute atomic E-state index is 0.135. The number of aliphatic imine (C=N–C) groups is 2. The summed E-state index contributed by atoms with van der Waals surface area (Å²) < 4.78 is 22.4. The highest BCUT2D eigenvalue weighted by Crippen LogP contribution is 2.26. The summed E-state index contributed by atoms with van der Waals surface area (Å²) in [5, 5.41) is 0. The van der Waals surface area contributed by atoms with Crippen molar-refractivity contribution < 1.29 is 38.1 Å². The number of carbonyl (C=O) groups is 4. The lowest BCUT2D eigenvalue weighted by molar-refractivity contribution is 0.0351. The van der Waals surface area contributed by atoms with Crippen LogP contribution in [0.4, 0.5) is 30.6 Å². The Bertz CT molecular complexity index is 1520. The van der Waals surface area contributed by atoms with Crippen LogP contribution in [-0.2, 0) is 25.4 Å². The molecular formula is C39H54N6O8. The van der Waals surface area contributed by atoms with Gasteiger partial charge in [-0.15, -0.1) is 0 Å². The van der Waals surface area contributed by atoms with Gasteiger partial charge >= 0.3 is 24.4 Å². The number of hydrogen-bond acceptors (Lipinski definition) is 10. The van der Waals surface area contributed by atoms with E-state index in [-0.39, 0.29) is 38.1 Å². The fraction of sp³-hybridized carbons (Fsp3) is 0.538. The molecule has 0 N–H and O–H groups in total. The van der Waals surface area contributed by atoms with Crippen molar-refractivity contribution in [3.63, 3.8) is 0 Å². The van der Waals surface area contributed by atoms with E-state index < -0.39 is 46.8 Å². The molecule has 4 rings (SSSR count). The van der Waals surface area contributed by atoms with Gasteiger partial charge in [-0.2, -0.15) is 0 Å². The van der Waals surface area contributed by atoms with Gasteiger partial charge in [0.2, 0.25) is 11.9 Å². The minimum atomic E-state index is -0.730. The lowest BCUT2D eigenvalue weighted by Crippen LogP contribution is -2.44. The SMILES string of the molecule is CC(C)(C)OC(=O)N1CCN(C(=O)OC(C)(C)C)C1=Nc1ccc(Cc2ccc(N=C3N(C(=O)OC(C)(C)C)CCN3C(=O)OC(C)(C)C)cc2)cc1. The van der Waals surface area contributed by atoms with Crippen LogP contribution in [0.3, 0.4) is 0 Å². The van der Waals surface area contributed by atoms with Gasteiger partial charge in [-0.3, -0.25) is 0 Å². The van der Waals surface area contributed by atoms with E-state index in [1.807, 2.05) is 48.5 Å². The molecule has 2 saturated heterocycles. The zero-order valence-corrected chi connectivity index (χ0v) is 33.1. The Labute approximate surface area is 312 Å². The number of benzene rings is 2. The molecule has 288 valence electrons. The molecule has 2 aromatic carbocycles. The molecule has 14 nitrogen and oxygen atoms in total. The van der Waals surface area contributed by atoms with Crippen LogP contribution in [0.25, 0.3) is 0 Å². The van der Waals surface area contributed by atoms with Gasteiger partial charge in [-0.05, 0) is 125 Å². The molecule has 0 bridgehead atoms. The smallest absolute Gasteiger partial charge is 0.417 e. The van der Waals surface area contributed by atoms with Gasteiger partial charge in [0.25, 0.3) is 0 Å². The van der Waals surface area contributed by atoms with E-state index in [4.69, 9.17) is 18.9 Å². The van der Waals surface area contributed by atoms with E-state index in [1.54, 1.807) is 83.1 Å². The maximum Gasteiger partial charge on any atom is 0.417 e. The molecule has 0 aromatic heterocycles. The van der Waals surface area contributed by atoms with Crippen molar-refractivity contribution in [2.45, 2.75) is 112 Å². The Morgan fingerprint density at radius 2 is 0.679 bits per heavy atom. The molecule has 0 unspecified atom stereocenters. The van der Waals surface area contributed by atoms with E-state index in [9.17, 15) is 19.2 Å². The second-order valence-corrected chi connectivity index (χ2v) is 16.9. The standard InChI is InChI=1S/C39H54N6O8/c1-36(2,3)50-32(46)42-21-22-43(33(47)51-37(4,5)6)30(42)40-28-17-13-26(14-18-28)25-27-15-19-29(20-16-27)41-31-44(34(48)52-38(7,8)9)23-24-45(31)35(49)53-39(10,11)12/h13-20H,21-25H2,1-12H3. The lowest BCUT2D eigenvalue weighted by atomic mass is 10.0. The molecule has 0 aliphatic carbocycles. The Morgan fingerprint density at radius 1 is 0.453 bits per heavy atom. The summed E-state index contributed by atoms with van der Waals surface area (Å²) in [6, 6.07) is 15.0. The number of hydrogen-bond donors (Lipinski definition) is 0. The van der Waals surface area contributed by atoms with Crippen LogP contribution in [0.5, 0.6) is 0 Å². The van der Waals surface area contributed by atoms with E-state index in [0.29, 0.717) is 17.8 Å². The minimum Gasteiger partial charge on any atom is -0.443 e. The summed E-state index contributed by atoms with van der Waals surface area (Å²) in [6.45, 7) is 22.2. The fourth-order valence-corrected chi connectivity index (χ4v) is 5.14. The Hall–Kier alpha value is -5.14. The van der Waals surface area contributed by atoms with Crippen molar-refractivity contribution in [1.29, 1.82) is 0 Å². The van der Waals surface area contributed by atoms with Crippen molar-refractivity contribution in [2.75, 3.05) is 26.2 Å². The van der Waals surface area contributed by atoms with Crippen LogP contribution >= 0.6 is 0 Å². The number of rotatable bonds is 4. The topological polar surface area (TPSA) is 143 Å². The van der Waals surface area contributed by atoms with Crippen molar-refractivity contribution in [3.05, 3.63) is 59.7 Å². The largest absolute Gasteiger partial charge is 0.443 e. The second kappa shape index (κ2) is 15.5. The van der Waals surface area contributed by atoms with Crippen LogP contribution in [0.2, 0.25) is 0 Å². The Morgan fingerprint density at radius 3 is 0.887 bits per heavy atom. The molecule has 0 spiro atoms. The number of nitrogens with zero attached hydrogens (tertiary/aromatic N) is 6. The first-order valence-corrected chi connectivity index (χ1v) is 17.7. The van der Waals surface area contributed by atoms with Gasteiger partial charge < -0.3 is 18.9 Å². The second-order valence-electron chi connectivity index (χ2n) is 16.9. The molecular weight excluding hydrogens is 680 g/mol. The summed E-state index contributed by atoms with van der Waals surface area (Å²) >= 11 is 0. The average molecular weight is 735 g/mol. The Kier molecular flexibility index (Phi) is 11.8. The van der Waals surface area contributed by atoms with Crippen molar-refractivity contribution in [2.24, 2.45) is 9.98 Å². The molecule has 2 heterocycles. The first kappa shape index (κ1) is 40.6. The fourth-order valence-electron chi connectivity index (χ4n) is 5.14. The van der Waals surface area contributed by atoms with Crippen LogP contribution in [0.1, 0.15) is 94.2 Å². The third-order valence-electron chi connectivity index (χ3n) is 7.25. The molecule has 4 amide bonds. The molecule has 0 saturated carbocycles. The van der Waals surface area contributed by atoms with E-state index in [1.165, 1.54) is 19.6 Å². The van der Waals surface area contributed by atoms with Gasteiger partial charge in [0.15, 0.2) is 0 Å². The highest BCUT2D eigenvalue weighted by Gasteiger charge is 2.41. The monoisotopic (exact) mass is 734 g/mol. The molecule has 2 aliphatic heterocycles. The average Bonchev–Trinajstić information content (AvgIpc) is 3.60. The molecule has 0 atom stereocenters. The highest BCUT2D eigenvalue weighted by molar-refractivity contribution is 6.05. The number of amides is 4. The summed E-state index contributed by atoms with van der Waals surface area (Å²) in [6.07, 6.45) is -1.81. The van der Waals surface area contributed by atoms with Crippen LogP contribution in [-0.4, -0.2) is 104 Å². The number of guanidine groups is 2. The normalized spacial score (nSPS) is 15.4. The third-order valence-corrected chi connectivity index (χ3v) is 7.25. The molecule has 2 aliphatic rings. The highest BCUT2D eigenvalue weighted by atomic mass is 16.6. The Balaban J connectivity index is 1.54. The van der Waals surface area contributed by atoms with E-state index in [2.05, 4.69) is 9.98 Å². The molecule has 0 radical (unpaired) electrons. The van der Waals surface area contributed by atoms with Gasteiger partial charge in [0.05, 0.1) is 37.6 Å². The quantitative estimate of drug-likeness (QED) is 0.286. The van der Waals surface area contributed by atoms with Crippen molar-refractivity contribution in [3.8, 4) is 0 Å². The van der Waals surface area contributed by atoms with Crippen LogP contribution in [0, 0.1) is 0 Å². The van der Waals surface area contributed by atoms with Gasteiger partial charge in [0.1, 0.15) is 22.4 Å². The maximum atomic E-state index is 13.1. The first-order valence-electron chi connectivity index (χ1n) is 17.7. The van der Waals surface area contributed by atoms with Crippen LogP contribution in [0.15, 0.2) is 58.5 Å². The van der Waals surface area contributed by atoms with Crippen LogP contribution < -0.4 is 0 Å². The van der Waals surface area contributed by atoms with Crippen molar-refractivity contribution >= 4 is 47.7 Å². The summed E-state index contributed by atoms with van der Waals surface area (Å²) in [4.78, 5) is 67.1. The first-order chi connectivity index (χ1) is 24.4. The van der Waals surface area contributed by atoms with Gasteiger partial charge in [-0.25, -0.2) is 48.8 Å². The number of carbonyl (C=O) groups excluding carboxylic acids is 4. The molecule has 53 heavy (non-hydrogen) atoms.